The number of hydrogen-bond donors (Lipinski definition) is 1. The molecule has 1 heterocycles. The van der Waals surface area contributed by atoms with Crippen LogP contribution < -0.4 is 0 Å². The number of aliphatic carboxylic acids is 1. The second kappa shape index (κ2) is 9.05. The van der Waals surface area contributed by atoms with Gasteiger partial charge < -0.3 is 9.84 Å². The van der Waals surface area contributed by atoms with Crippen LogP contribution in [0, 0.1) is 0 Å². The Morgan fingerprint density at radius 3 is 1.80 bits per heavy atom. The number of hydrogen-bond acceptors (Lipinski definition) is 2. The third-order valence-electron chi connectivity index (χ3n) is 0.827. The maximum atomic E-state index is 9.00. The zero-order valence-corrected chi connectivity index (χ0v) is 9.27. The summed E-state index contributed by atoms with van der Waals surface area (Å²) < 4.78 is 4.94. The summed E-state index contributed by atoms with van der Waals surface area (Å²) in [5.74, 6) is -0.833. The summed E-state index contributed by atoms with van der Waals surface area (Å²) in [6, 6.07) is 0. The molecule has 1 fully saturated rings. The van der Waals surface area contributed by atoms with E-state index in [0.717, 1.165) is 20.1 Å². The van der Waals surface area contributed by atoms with E-state index in [1.54, 1.807) is 0 Å². The first kappa shape index (κ1) is 12.7. The van der Waals surface area contributed by atoms with Gasteiger partial charge in [-0.05, 0) is 12.8 Å². The molecule has 10 heavy (non-hydrogen) atoms. The molecule has 1 rings (SSSR count). The van der Waals surface area contributed by atoms with Gasteiger partial charge in [-0.3, -0.25) is 4.79 Å². The Balaban J connectivity index is 0. The Kier molecular flexibility index (Phi) is 11.5. The smallest absolute Gasteiger partial charge is 0.300 e. The number of carbonyl (C=O) groups is 1. The van der Waals surface area contributed by atoms with Crippen LogP contribution in [-0.4, -0.2) is 24.3 Å². The van der Waals surface area contributed by atoms with E-state index in [4.69, 9.17) is 14.6 Å². The van der Waals surface area contributed by atoms with Gasteiger partial charge in [-0.2, -0.15) is 0 Å². The standard InChI is InChI=1S/C4H8O.C2H4O2.Zn/c1-2-4-5-3-1;1-2(3)4;/h1-4H2;1H3,(H,3,4);. The zero-order chi connectivity index (χ0) is 7.11. The van der Waals surface area contributed by atoms with Gasteiger partial charge in [-0.25, -0.2) is 0 Å². The van der Waals surface area contributed by atoms with Crippen LogP contribution in [0.2, 0.25) is 0 Å². The second-order valence-electron chi connectivity index (χ2n) is 1.84. The topological polar surface area (TPSA) is 46.5 Å². The van der Waals surface area contributed by atoms with Crippen LogP contribution in [0.15, 0.2) is 0 Å². The van der Waals surface area contributed by atoms with Crippen LogP contribution >= 0.6 is 0 Å². The quantitative estimate of drug-likeness (QED) is 0.587. The first-order valence-corrected chi connectivity index (χ1v) is 3.01. The van der Waals surface area contributed by atoms with Gasteiger partial charge in [0.25, 0.3) is 5.97 Å². The number of carboxylic acids is 1. The summed E-state index contributed by atoms with van der Waals surface area (Å²) in [5.41, 5.74) is 0. The van der Waals surface area contributed by atoms with Crippen molar-refractivity contribution < 1.29 is 34.1 Å². The van der Waals surface area contributed by atoms with Gasteiger partial charge >= 0.3 is 0 Å². The van der Waals surface area contributed by atoms with Crippen LogP contribution in [0.5, 0.6) is 0 Å². The molecule has 1 saturated heterocycles. The van der Waals surface area contributed by atoms with Crippen LogP contribution in [0.4, 0.5) is 0 Å². The van der Waals surface area contributed by atoms with Crippen molar-refractivity contribution in [1.82, 2.24) is 0 Å². The van der Waals surface area contributed by atoms with Crippen molar-refractivity contribution in [2.45, 2.75) is 19.8 Å². The Bertz CT molecular complexity index is 69.5. The van der Waals surface area contributed by atoms with Gasteiger partial charge in [0.15, 0.2) is 0 Å². The number of carboxylic acid groups (broad SMARTS) is 1. The zero-order valence-electron chi connectivity index (χ0n) is 6.30. The molecule has 1 aliphatic rings. The van der Waals surface area contributed by atoms with Gasteiger partial charge in [0.2, 0.25) is 0 Å². The van der Waals surface area contributed by atoms with Crippen LogP contribution in [0.25, 0.3) is 0 Å². The molecule has 56 valence electrons. The van der Waals surface area contributed by atoms with Crippen LogP contribution in [-0.2, 0) is 29.0 Å². The maximum absolute atomic E-state index is 9.00. The van der Waals surface area contributed by atoms with Crippen molar-refractivity contribution in [3.63, 3.8) is 0 Å². The molecule has 3 nitrogen and oxygen atoms in total. The first-order chi connectivity index (χ1) is 4.23. The van der Waals surface area contributed by atoms with Crippen LogP contribution in [0.1, 0.15) is 19.8 Å². The third kappa shape index (κ3) is 15.7. The molecule has 0 aromatic heterocycles. The van der Waals surface area contributed by atoms with Crippen molar-refractivity contribution in [2.75, 3.05) is 13.2 Å². The molecule has 1 N–H and O–H groups in total. The summed E-state index contributed by atoms with van der Waals surface area (Å²) in [7, 11) is 0. The van der Waals surface area contributed by atoms with Gasteiger partial charge in [-0.1, -0.05) is 0 Å². The van der Waals surface area contributed by atoms with E-state index in [-0.39, 0.29) is 19.5 Å². The van der Waals surface area contributed by atoms with Crippen molar-refractivity contribution in [1.29, 1.82) is 0 Å². The minimum atomic E-state index is -0.833. The Morgan fingerprint density at radius 2 is 1.70 bits per heavy atom. The minimum Gasteiger partial charge on any atom is -0.481 e. The van der Waals surface area contributed by atoms with E-state index in [0.29, 0.717) is 0 Å². The van der Waals surface area contributed by atoms with Crippen molar-refractivity contribution in [2.24, 2.45) is 0 Å². The summed E-state index contributed by atoms with van der Waals surface area (Å²) in [6.07, 6.45) is 2.56. The molecular formula is C6H12O3Zn. The molecule has 0 amide bonds. The van der Waals surface area contributed by atoms with E-state index < -0.39 is 5.97 Å². The number of ether oxygens (including phenoxy) is 1. The van der Waals surface area contributed by atoms with E-state index in [1.807, 2.05) is 0 Å². The molecule has 0 unspecified atom stereocenters. The van der Waals surface area contributed by atoms with E-state index in [9.17, 15) is 0 Å². The molecule has 0 aliphatic carbocycles. The molecule has 0 saturated carbocycles. The van der Waals surface area contributed by atoms with Crippen LogP contribution in [0.3, 0.4) is 0 Å². The minimum absolute atomic E-state index is 0. The van der Waals surface area contributed by atoms with E-state index >= 15 is 0 Å². The third-order valence-corrected chi connectivity index (χ3v) is 0.827. The average molecular weight is 198 g/mol. The summed E-state index contributed by atoms with van der Waals surface area (Å²) >= 11 is 0. The van der Waals surface area contributed by atoms with Crippen molar-refractivity contribution in [3.05, 3.63) is 0 Å². The molecule has 1 aliphatic heterocycles. The SMILES string of the molecule is C1CCOC1.CC(=O)O.[Zn]. The van der Waals surface area contributed by atoms with Crippen molar-refractivity contribution in [3.8, 4) is 0 Å². The van der Waals surface area contributed by atoms with Crippen molar-refractivity contribution >= 4 is 5.97 Å². The van der Waals surface area contributed by atoms with Gasteiger partial charge in [0.1, 0.15) is 0 Å². The molecular weight excluding hydrogens is 185 g/mol. The Hall–Kier alpha value is 0.0534. The molecule has 0 atom stereocenters. The average Bonchev–Trinajstić information content (AvgIpc) is 2.11. The molecule has 0 aromatic carbocycles. The fourth-order valence-corrected chi connectivity index (χ4v) is 0.510. The fourth-order valence-electron chi connectivity index (χ4n) is 0.510. The summed E-state index contributed by atoms with van der Waals surface area (Å²) in [6.45, 7) is 3.08. The van der Waals surface area contributed by atoms with E-state index in [2.05, 4.69) is 0 Å². The van der Waals surface area contributed by atoms with Gasteiger partial charge in [-0.15, -0.1) is 0 Å². The largest absolute Gasteiger partial charge is 0.481 e. The second-order valence-corrected chi connectivity index (χ2v) is 1.84. The molecule has 0 bridgehead atoms. The normalized spacial score (nSPS) is 14.5. The summed E-state index contributed by atoms with van der Waals surface area (Å²) in [5, 5.41) is 7.42. The molecule has 0 radical (unpaired) electrons. The number of rotatable bonds is 0. The monoisotopic (exact) mass is 196 g/mol. The predicted molar refractivity (Wildman–Crippen MR) is 33.4 cm³/mol. The molecule has 4 heteroatoms. The Morgan fingerprint density at radius 1 is 1.40 bits per heavy atom. The predicted octanol–water partition coefficient (Wildman–Crippen LogP) is 0.885. The Labute approximate surface area is 73.5 Å². The molecule has 0 spiro atoms. The first-order valence-electron chi connectivity index (χ1n) is 3.01. The summed E-state index contributed by atoms with van der Waals surface area (Å²) in [4.78, 5) is 9.00. The maximum Gasteiger partial charge on any atom is 0.300 e. The van der Waals surface area contributed by atoms with E-state index in [1.165, 1.54) is 12.8 Å². The van der Waals surface area contributed by atoms with Gasteiger partial charge in [0.05, 0.1) is 0 Å². The fraction of sp³-hybridized carbons (Fsp3) is 0.833. The molecule has 0 aromatic rings. The van der Waals surface area contributed by atoms with Gasteiger partial charge in [0, 0.05) is 39.6 Å².